The van der Waals surface area contributed by atoms with Crippen LogP contribution in [0.3, 0.4) is 0 Å². The SMILES string of the molecule is Cc1cccc(C(=O)N2CCCC2c2ccccc2)n1. The van der Waals surface area contributed by atoms with Crippen molar-refractivity contribution in [1.82, 2.24) is 9.88 Å². The number of hydrogen-bond acceptors (Lipinski definition) is 2. The van der Waals surface area contributed by atoms with Crippen LogP contribution < -0.4 is 0 Å². The van der Waals surface area contributed by atoms with E-state index < -0.39 is 0 Å². The van der Waals surface area contributed by atoms with Crippen LogP contribution in [0.4, 0.5) is 0 Å². The standard InChI is InChI=1S/C17H18N2O/c1-13-7-5-10-15(18-13)17(20)19-12-6-11-16(19)14-8-3-2-4-9-14/h2-5,7-10,16H,6,11-12H2,1H3. The fourth-order valence-electron chi connectivity index (χ4n) is 2.84. The summed E-state index contributed by atoms with van der Waals surface area (Å²) in [5.74, 6) is 0.0417. The molecule has 1 atom stereocenters. The summed E-state index contributed by atoms with van der Waals surface area (Å²) >= 11 is 0. The van der Waals surface area contributed by atoms with Gasteiger partial charge in [0.2, 0.25) is 0 Å². The van der Waals surface area contributed by atoms with Crippen LogP contribution in [0, 0.1) is 6.92 Å². The minimum atomic E-state index is 0.0417. The predicted molar refractivity (Wildman–Crippen MR) is 78.4 cm³/mol. The summed E-state index contributed by atoms with van der Waals surface area (Å²) in [6.07, 6.45) is 2.08. The van der Waals surface area contributed by atoms with E-state index in [-0.39, 0.29) is 11.9 Å². The van der Waals surface area contributed by atoms with Gasteiger partial charge in [-0.15, -0.1) is 0 Å². The van der Waals surface area contributed by atoms with E-state index in [9.17, 15) is 4.79 Å². The summed E-state index contributed by atoms with van der Waals surface area (Å²) in [6, 6.07) is 16.1. The molecule has 3 rings (SSSR count). The molecule has 0 N–H and O–H groups in total. The molecular formula is C17H18N2O. The maximum absolute atomic E-state index is 12.6. The number of amides is 1. The summed E-state index contributed by atoms with van der Waals surface area (Å²) in [7, 11) is 0. The van der Waals surface area contributed by atoms with Gasteiger partial charge in [-0.2, -0.15) is 0 Å². The second-order valence-corrected chi connectivity index (χ2v) is 5.23. The maximum atomic E-state index is 12.6. The molecule has 1 fully saturated rings. The van der Waals surface area contributed by atoms with Gasteiger partial charge >= 0.3 is 0 Å². The summed E-state index contributed by atoms with van der Waals surface area (Å²) in [5.41, 5.74) is 2.64. The molecule has 2 aromatic rings. The van der Waals surface area contributed by atoms with Crippen LogP contribution in [0.2, 0.25) is 0 Å². The van der Waals surface area contributed by atoms with Crippen LogP contribution in [0.5, 0.6) is 0 Å². The van der Waals surface area contributed by atoms with Crippen LogP contribution in [0.15, 0.2) is 48.5 Å². The fourth-order valence-corrected chi connectivity index (χ4v) is 2.84. The largest absolute Gasteiger partial charge is 0.330 e. The first-order valence-electron chi connectivity index (χ1n) is 7.05. The van der Waals surface area contributed by atoms with Gasteiger partial charge in [0, 0.05) is 12.2 Å². The van der Waals surface area contributed by atoms with Crippen molar-refractivity contribution in [2.24, 2.45) is 0 Å². The lowest BCUT2D eigenvalue weighted by molar-refractivity contribution is 0.0729. The number of pyridine rings is 1. The van der Waals surface area contributed by atoms with Gasteiger partial charge in [0.25, 0.3) is 5.91 Å². The van der Waals surface area contributed by atoms with Crippen LogP contribution in [0.1, 0.15) is 40.6 Å². The molecule has 1 aromatic heterocycles. The molecule has 1 saturated heterocycles. The van der Waals surface area contributed by atoms with E-state index in [0.717, 1.165) is 25.1 Å². The zero-order valence-electron chi connectivity index (χ0n) is 11.6. The molecule has 0 bridgehead atoms. The molecule has 3 nitrogen and oxygen atoms in total. The molecular weight excluding hydrogens is 248 g/mol. The molecule has 3 heteroatoms. The molecule has 1 aliphatic rings. The number of rotatable bonds is 2. The van der Waals surface area contributed by atoms with Crippen molar-refractivity contribution >= 4 is 5.91 Å². The predicted octanol–water partition coefficient (Wildman–Crippen LogP) is 3.37. The molecule has 1 unspecified atom stereocenters. The monoisotopic (exact) mass is 266 g/mol. The molecule has 0 saturated carbocycles. The third kappa shape index (κ3) is 2.44. The lowest BCUT2D eigenvalue weighted by atomic mass is 10.0. The summed E-state index contributed by atoms with van der Waals surface area (Å²) < 4.78 is 0. The highest BCUT2D eigenvalue weighted by atomic mass is 16.2. The Morgan fingerprint density at radius 1 is 1.15 bits per heavy atom. The lowest BCUT2D eigenvalue weighted by Gasteiger charge is -2.24. The highest BCUT2D eigenvalue weighted by molar-refractivity contribution is 5.92. The Morgan fingerprint density at radius 3 is 2.70 bits per heavy atom. The van der Waals surface area contributed by atoms with Gasteiger partial charge in [0.05, 0.1) is 6.04 Å². The third-order valence-electron chi connectivity index (χ3n) is 3.81. The van der Waals surface area contributed by atoms with E-state index in [1.807, 2.05) is 42.2 Å². The number of hydrogen-bond donors (Lipinski definition) is 0. The number of benzene rings is 1. The van der Waals surface area contributed by atoms with E-state index in [2.05, 4.69) is 17.1 Å². The van der Waals surface area contributed by atoms with Crippen LogP contribution in [-0.2, 0) is 0 Å². The van der Waals surface area contributed by atoms with Crippen LogP contribution in [-0.4, -0.2) is 22.3 Å². The van der Waals surface area contributed by atoms with E-state index in [0.29, 0.717) is 5.69 Å². The average Bonchev–Trinajstić information content (AvgIpc) is 2.97. The highest BCUT2D eigenvalue weighted by Gasteiger charge is 2.30. The number of carbonyl (C=O) groups is 1. The smallest absolute Gasteiger partial charge is 0.272 e. The minimum absolute atomic E-state index is 0.0417. The molecule has 1 aromatic carbocycles. The van der Waals surface area contributed by atoms with Crippen molar-refractivity contribution in [3.8, 4) is 0 Å². The summed E-state index contributed by atoms with van der Waals surface area (Å²) in [6.45, 7) is 2.73. The minimum Gasteiger partial charge on any atom is -0.330 e. The normalized spacial score (nSPS) is 18.2. The summed E-state index contributed by atoms with van der Waals surface area (Å²) in [4.78, 5) is 19.0. The molecule has 0 radical (unpaired) electrons. The Labute approximate surface area is 119 Å². The zero-order chi connectivity index (χ0) is 13.9. The molecule has 1 amide bonds. The van der Waals surface area contributed by atoms with Gasteiger partial charge in [-0.25, -0.2) is 4.98 Å². The summed E-state index contributed by atoms with van der Waals surface area (Å²) in [5, 5.41) is 0. The first kappa shape index (κ1) is 12.9. The van der Waals surface area contributed by atoms with Gasteiger partial charge in [0.15, 0.2) is 0 Å². The number of aryl methyl sites for hydroxylation is 1. The van der Waals surface area contributed by atoms with E-state index in [1.165, 1.54) is 5.56 Å². The van der Waals surface area contributed by atoms with Crippen LogP contribution in [0.25, 0.3) is 0 Å². The number of nitrogens with zero attached hydrogens (tertiary/aromatic N) is 2. The zero-order valence-corrected chi connectivity index (χ0v) is 11.6. The van der Waals surface area contributed by atoms with Crippen molar-refractivity contribution in [2.75, 3.05) is 6.54 Å². The molecule has 2 heterocycles. The average molecular weight is 266 g/mol. The van der Waals surface area contributed by atoms with E-state index >= 15 is 0 Å². The highest BCUT2D eigenvalue weighted by Crippen LogP contribution is 2.32. The van der Waals surface area contributed by atoms with Crippen molar-refractivity contribution in [1.29, 1.82) is 0 Å². The molecule has 20 heavy (non-hydrogen) atoms. The Kier molecular flexibility index (Phi) is 3.50. The van der Waals surface area contributed by atoms with E-state index in [4.69, 9.17) is 0 Å². The van der Waals surface area contributed by atoms with Crippen molar-refractivity contribution < 1.29 is 4.79 Å². The second-order valence-electron chi connectivity index (χ2n) is 5.23. The quantitative estimate of drug-likeness (QED) is 0.835. The third-order valence-corrected chi connectivity index (χ3v) is 3.81. The maximum Gasteiger partial charge on any atom is 0.272 e. The van der Waals surface area contributed by atoms with Crippen molar-refractivity contribution in [3.63, 3.8) is 0 Å². The topological polar surface area (TPSA) is 33.2 Å². The van der Waals surface area contributed by atoms with Gasteiger partial charge in [0.1, 0.15) is 5.69 Å². The Bertz CT molecular complexity index is 609. The molecule has 0 aliphatic carbocycles. The lowest BCUT2D eigenvalue weighted by Crippen LogP contribution is -2.31. The fraction of sp³-hybridized carbons (Fsp3) is 0.294. The van der Waals surface area contributed by atoms with E-state index in [1.54, 1.807) is 6.07 Å². The number of likely N-dealkylation sites (tertiary alicyclic amines) is 1. The number of aromatic nitrogens is 1. The molecule has 0 spiro atoms. The first-order valence-corrected chi connectivity index (χ1v) is 7.05. The van der Waals surface area contributed by atoms with Gasteiger partial charge in [-0.3, -0.25) is 4.79 Å². The number of carbonyl (C=O) groups excluding carboxylic acids is 1. The van der Waals surface area contributed by atoms with Crippen molar-refractivity contribution in [3.05, 3.63) is 65.5 Å². The second kappa shape index (κ2) is 5.45. The van der Waals surface area contributed by atoms with Gasteiger partial charge in [-0.05, 0) is 37.5 Å². The molecule has 102 valence electrons. The Balaban J connectivity index is 1.87. The Hall–Kier alpha value is -2.16. The first-order chi connectivity index (χ1) is 9.75. The Morgan fingerprint density at radius 2 is 1.95 bits per heavy atom. The van der Waals surface area contributed by atoms with Gasteiger partial charge in [-0.1, -0.05) is 36.4 Å². The molecule has 1 aliphatic heterocycles. The van der Waals surface area contributed by atoms with Crippen molar-refractivity contribution in [2.45, 2.75) is 25.8 Å². The van der Waals surface area contributed by atoms with Gasteiger partial charge < -0.3 is 4.90 Å². The van der Waals surface area contributed by atoms with Crippen LogP contribution >= 0.6 is 0 Å².